The largest absolute Gasteiger partial charge is 2.00 e. The van der Waals surface area contributed by atoms with E-state index in [1.807, 2.05) is 0 Å². The third-order valence-corrected chi connectivity index (χ3v) is 0. The predicted octanol–water partition coefficient (Wildman–Crippen LogP) is -12.4. The monoisotopic (exact) mass is 164 g/mol. The molecule has 0 aliphatic carbocycles. The Labute approximate surface area is 72.3 Å². The van der Waals surface area contributed by atoms with E-state index >= 15 is 0 Å². The fourth-order valence-corrected chi connectivity index (χ4v) is 0. The van der Waals surface area contributed by atoms with E-state index in [1.165, 1.54) is 0 Å². The van der Waals surface area contributed by atoms with Crippen molar-refractivity contribution in [1.82, 2.24) is 0 Å². The van der Waals surface area contributed by atoms with Crippen molar-refractivity contribution in [2.75, 3.05) is 0 Å². The van der Waals surface area contributed by atoms with Crippen LogP contribution in [0.2, 0.25) is 0 Å². The topological polar surface area (TPSA) is 0 Å². The summed E-state index contributed by atoms with van der Waals surface area (Å²) in [6, 6.07) is 0. The summed E-state index contributed by atoms with van der Waals surface area (Å²) >= 11 is 0. The molecule has 0 N–H and O–H groups in total. The molecule has 0 nitrogen and oxygen atoms in total. The molecule has 0 amide bonds. The molecule has 0 radical (unpaired) electrons. The standard InChI is InChI=1S/4ClH.Mg/h4*1H;/q;;;;+2/p-4. The Morgan fingerprint density at radius 3 is 0.400 bits per heavy atom. The van der Waals surface area contributed by atoms with Crippen molar-refractivity contribution in [3.8, 4) is 0 Å². The van der Waals surface area contributed by atoms with Crippen LogP contribution >= 0.6 is 0 Å². The van der Waals surface area contributed by atoms with Gasteiger partial charge < -0.3 is 49.6 Å². The summed E-state index contributed by atoms with van der Waals surface area (Å²) in [5, 5.41) is 0. The minimum absolute atomic E-state index is 0. The molecule has 0 saturated heterocycles. The van der Waals surface area contributed by atoms with E-state index in [-0.39, 0.29) is 72.7 Å². The third-order valence-electron chi connectivity index (χ3n) is 0. The fourth-order valence-electron chi connectivity index (χ4n) is 0. The van der Waals surface area contributed by atoms with Gasteiger partial charge in [-0.3, -0.25) is 0 Å². The molecule has 0 aliphatic heterocycles. The van der Waals surface area contributed by atoms with E-state index in [0.717, 1.165) is 0 Å². The van der Waals surface area contributed by atoms with Crippen molar-refractivity contribution in [2.45, 2.75) is 0 Å². The predicted molar refractivity (Wildman–Crippen MR) is 5.75 cm³/mol. The number of halogens is 4. The molecule has 0 aliphatic rings. The molecule has 0 aromatic rings. The average Bonchev–Trinajstić information content (AvgIpc) is 0. The first-order valence-electron chi connectivity index (χ1n) is 0. The smallest absolute Gasteiger partial charge is 1.00 e. The van der Waals surface area contributed by atoms with Crippen LogP contribution in [0.15, 0.2) is 0 Å². The number of rotatable bonds is 0. The van der Waals surface area contributed by atoms with Crippen LogP contribution in [-0.4, -0.2) is 23.1 Å². The molecule has 0 unspecified atom stereocenters. The SMILES string of the molecule is [Cl-].[Cl-].[Cl-].[Cl-].[Mg+2]. The second kappa shape index (κ2) is 38.8. The van der Waals surface area contributed by atoms with Gasteiger partial charge in [0.25, 0.3) is 0 Å². The van der Waals surface area contributed by atoms with Crippen molar-refractivity contribution in [3.05, 3.63) is 0 Å². The molecule has 0 aromatic carbocycles. The Balaban J connectivity index is 0. The molecule has 0 rings (SSSR count). The van der Waals surface area contributed by atoms with Gasteiger partial charge in [-0.1, -0.05) is 0 Å². The minimum Gasteiger partial charge on any atom is -1.00 e. The first kappa shape index (κ1) is 65.6. The van der Waals surface area contributed by atoms with E-state index in [0.29, 0.717) is 0 Å². The number of hydrogen-bond acceptors (Lipinski definition) is 0. The van der Waals surface area contributed by atoms with E-state index in [9.17, 15) is 0 Å². The molecular formula is Cl4Mg-2. The Morgan fingerprint density at radius 2 is 0.400 bits per heavy atom. The van der Waals surface area contributed by atoms with E-state index in [4.69, 9.17) is 0 Å². The second-order valence-corrected chi connectivity index (χ2v) is 0. The Kier molecular flexibility index (Phi) is 508. The van der Waals surface area contributed by atoms with Crippen LogP contribution in [0.3, 0.4) is 0 Å². The summed E-state index contributed by atoms with van der Waals surface area (Å²) in [4.78, 5) is 0. The van der Waals surface area contributed by atoms with Crippen LogP contribution in [0.1, 0.15) is 0 Å². The van der Waals surface area contributed by atoms with Crippen LogP contribution in [0.4, 0.5) is 0 Å². The molecule has 0 aromatic heterocycles. The average molecular weight is 166 g/mol. The van der Waals surface area contributed by atoms with Crippen molar-refractivity contribution < 1.29 is 49.6 Å². The van der Waals surface area contributed by atoms with Gasteiger partial charge in [-0.15, -0.1) is 0 Å². The van der Waals surface area contributed by atoms with Gasteiger partial charge in [0, 0.05) is 0 Å². The minimum atomic E-state index is 0. The molecular weight excluding hydrogens is 166 g/mol. The maximum atomic E-state index is 0. The van der Waals surface area contributed by atoms with Crippen LogP contribution in [-0.2, 0) is 0 Å². The zero-order valence-electron chi connectivity index (χ0n) is 2.22. The Bertz CT molecular complexity index is 3.61. The molecule has 0 fully saturated rings. The molecule has 0 saturated carbocycles. The van der Waals surface area contributed by atoms with Gasteiger partial charge in [0.2, 0.25) is 0 Å². The van der Waals surface area contributed by atoms with Crippen molar-refractivity contribution >= 4 is 23.1 Å². The van der Waals surface area contributed by atoms with E-state index in [2.05, 4.69) is 0 Å². The van der Waals surface area contributed by atoms with Gasteiger partial charge in [-0.05, 0) is 0 Å². The van der Waals surface area contributed by atoms with Crippen molar-refractivity contribution in [2.24, 2.45) is 0 Å². The van der Waals surface area contributed by atoms with Crippen LogP contribution < -0.4 is 49.6 Å². The van der Waals surface area contributed by atoms with Crippen molar-refractivity contribution in [1.29, 1.82) is 0 Å². The summed E-state index contributed by atoms with van der Waals surface area (Å²) in [6.45, 7) is 0. The summed E-state index contributed by atoms with van der Waals surface area (Å²) in [5.74, 6) is 0. The van der Waals surface area contributed by atoms with Crippen LogP contribution in [0, 0.1) is 0 Å². The number of hydrogen-bond donors (Lipinski definition) is 0. The van der Waals surface area contributed by atoms with Crippen LogP contribution in [0.25, 0.3) is 0 Å². The fraction of sp³-hybridized carbons (Fsp3) is 0. The summed E-state index contributed by atoms with van der Waals surface area (Å²) in [5.41, 5.74) is 0. The van der Waals surface area contributed by atoms with Crippen molar-refractivity contribution in [3.63, 3.8) is 0 Å². The van der Waals surface area contributed by atoms with Crippen LogP contribution in [0.5, 0.6) is 0 Å². The molecule has 0 atom stereocenters. The zero-order valence-corrected chi connectivity index (χ0v) is 6.66. The Morgan fingerprint density at radius 1 is 0.400 bits per heavy atom. The first-order chi connectivity index (χ1) is 0. The molecule has 0 spiro atoms. The zero-order chi connectivity index (χ0) is 0. The van der Waals surface area contributed by atoms with Gasteiger partial charge in [-0.25, -0.2) is 0 Å². The summed E-state index contributed by atoms with van der Waals surface area (Å²) in [7, 11) is 0. The Hall–Kier alpha value is 1.93. The summed E-state index contributed by atoms with van der Waals surface area (Å²) < 4.78 is 0. The maximum Gasteiger partial charge on any atom is 2.00 e. The normalized spacial score (nSPS) is 0. The molecule has 5 heavy (non-hydrogen) atoms. The summed E-state index contributed by atoms with van der Waals surface area (Å²) in [6.07, 6.45) is 0. The third kappa shape index (κ3) is 24.6. The quantitative estimate of drug-likeness (QED) is 0.313. The van der Waals surface area contributed by atoms with Gasteiger partial charge in [0.15, 0.2) is 0 Å². The van der Waals surface area contributed by atoms with E-state index in [1.54, 1.807) is 0 Å². The molecule has 0 heterocycles. The van der Waals surface area contributed by atoms with Gasteiger partial charge in [0.1, 0.15) is 0 Å². The second-order valence-electron chi connectivity index (χ2n) is 0. The van der Waals surface area contributed by atoms with E-state index < -0.39 is 0 Å². The molecule has 0 bridgehead atoms. The molecule has 32 valence electrons. The molecule has 5 heteroatoms. The van der Waals surface area contributed by atoms with Gasteiger partial charge in [0.05, 0.1) is 0 Å². The first-order valence-corrected chi connectivity index (χ1v) is 0. The van der Waals surface area contributed by atoms with Gasteiger partial charge in [-0.2, -0.15) is 0 Å². The maximum absolute atomic E-state index is 0. The van der Waals surface area contributed by atoms with Gasteiger partial charge >= 0.3 is 23.1 Å².